The summed E-state index contributed by atoms with van der Waals surface area (Å²) in [5.74, 6) is -1.01. The minimum Gasteiger partial charge on any atom is -0.282 e. The van der Waals surface area contributed by atoms with Crippen LogP contribution < -0.4 is 0 Å². The van der Waals surface area contributed by atoms with Crippen molar-refractivity contribution in [2.24, 2.45) is 10.1 Å². The van der Waals surface area contributed by atoms with Crippen molar-refractivity contribution in [2.45, 2.75) is 25.9 Å². The first-order valence-corrected chi connectivity index (χ1v) is 8.28. The van der Waals surface area contributed by atoms with Gasteiger partial charge in [0.05, 0.1) is 11.1 Å². The largest absolute Gasteiger partial charge is 0.416 e. The lowest BCUT2D eigenvalue weighted by Gasteiger charge is -2.20. The number of alkyl halides is 3. The summed E-state index contributed by atoms with van der Waals surface area (Å²) in [6.07, 6.45) is -1.99. The maximum Gasteiger partial charge on any atom is 0.416 e. The van der Waals surface area contributed by atoms with Crippen molar-refractivity contribution < 1.29 is 18.0 Å². The highest BCUT2D eigenvalue weighted by Crippen LogP contribution is 2.34. The maximum absolute atomic E-state index is 13.1. The van der Waals surface area contributed by atoms with Crippen LogP contribution in [-0.2, 0) is 11.0 Å². The maximum atomic E-state index is 13.1. The molecule has 130 valence electrons. The number of amides is 1. The van der Waals surface area contributed by atoms with E-state index in [1.807, 2.05) is 6.92 Å². The number of rotatable bonds is 3. The summed E-state index contributed by atoms with van der Waals surface area (Å²) in [5, 5.41) is 14.6. The third-order valence-electron chi connectivity index (χ3n) is 3.53. The topological polar surface area (TPSA) is 68.9 Å². The van der Waals surface area contributed by atoms with Crippen LogP contribution in [0.5, 0.6) is 0 Å². The number of carbonyl (C=O) groups is 1. The number of fused-ring (bicyclic) bond motifs is 1. The molecule has 3 rings (SSSR count). The zero-order chi connectivity index (χ0) is 18.2. The molecule has 2 aliphatic rings. The van der Waals surface area contributed by atoms with Crippen LogP contribution in [0, 0.1) is 5.41 Å². The monoisotopic (exact) mass is 366 g/mol. The zero-order valence-electron chi connectivity index (χ0n) is 13.1. The molecule has 0 atom stereocenters. The van der Waals surface area contributed by atoms with Crippen molar-refractivity contribution >= 4 is 39.8 Å². The van der Waals surface area contributed by atoms with E-state index >= 15 is 0 Å². The smallest absolute Gasteiger partial charge is 0.282 e. The molecule has 2 heterocycles. The number of hydrogen-bond acceptors (Lipinski definition) is 4. The van der Waals surface area contributed by atoms with Crippen LogP contribution in [0.4, 0.5) is 13.2 Å². The Kier molecular flexibility index (Phi) is 4.51. The van der Waals surface area contributed by atoms with Crippen LogP contribution in [0.2, 0.25) is 0 Å². The van der Waals surface area contributed by atoms with Gasteiger partial charge in [-0.2, -0.15) is 28.3 Å². The van der Waals surface area contributed by atoms with E-state index in [4.69, 9.17) is 5.41 Å². The Hall–Kier alpha value is -2.42. The Balaban J connectivity index is 2.01. The van der Waals surface area contributed by atoms with Crippen molar-refractivity contribution in [1.29, 1.82) is 5.41 Å². The SMILES string of the molecule is CCCC1=NN2C(=N)C(=Cc3ccccc3C(F)(F)F)C(=O)N=C2S1. The van der Waals surface area contributed by atoms with Crippen LogP contribution in [-0.4, -0.2) is 27.0 Å². The van der Waals surface area contributed by atoms with Crippen LogP contribution in [0.3, 0.4) is 0 Å². The summed E-state index contributed by atoms with van der Waals surface area (Å²) in [7, 11) is 0. The Labute approximate surface area is 145 Å². The molecule has 0 bridgehead atoms. The van der Waals surface area contributed by atoms with Crippen LogP contribution in [0.25, 0.3) is 6.08 Å². The summed E-state index contributed by atoms with van der Waals surface area (Å²) in [6, 6.07) is 4.89. The number of aliphatic imine (C=N–C) groups is 1. The predicted molar refractivity (Wildman–Crippen MR) is 91.4 cm³/mol. The van der Waals surface area contributed by atoms with E-state index in [0.29, 0.717) is 6.42 Å². The molecule has 2 aliphatic heterocycles. The number of carbonyl (C=O) groups excluding carboxylic acids is 1. The Bertz CT molecular complexity index is 842. The molecule has 0 aliphatic carbocycles. The number of halogens is 3. The van der Waals surface area contributed by atoms with Gasteiger partial charge >= 0.3 is 6.18 Å². The van der Waals surface area contributed by atoms with E-state index in [1.165, 1.54) is 35.0 Å². The van der Waals surface area contributed by atoms with Gasteiger partial charge in [0.2, 0.25) is 5.17 Å². The van der Waals surface area contributed by atoms with Gasteiger partial charge in [0.15, 0.2) is 5.84 Å². The van der Waals surface area contributed by atoms with Crippen molar-refractivity contribution in [1.82, 2.24) is 5.01 Å². The molecule has 0 saturated carbocycles. The fourth-order valence-electron chi connectivity index (χ4n) is 2.38. The number of nitrogens with zero attached hydrogens (tertiary/aromatic N) is 3. The summed E-state index contributed by atoms with van der Waals surface area (Å²) < 4.78 is 39.4. The first-order valence-electron chi connectivity index (χ1n) is 7.46. The number of hydrogen-bond donors (Lipinski definition) is 1. The zero-order valence-corrected chi connectivity index (χ0v) is 13.9. The molecule has 25 heavy (non-hydrogen) atoms. The molecule has 1 aromatic carbocycles. The van der Waals surface area contributed by atoms with Crippen molar-refractivity contribution in [2.75, 3.05) is 0 Å². The summed E-state index contributed by atoms with van der Waals surface area (Å²) in [6.45, 7) is 1.97. The van der Waals surface area contributed by atoms with Gasteiger partial charge in [-0.05, 0) is 42.3 Å². The highest BCUT2D eigenvalue weighted by atomic mass is 32.2. The summed E-state index contributed by atoms with van der Waals surface area (Å²) >= 11 is 1.20. The molecule has 0 radical (unpaired) electrons. The van der Waals surface area contributed by atoms with Crippen LogP contribution in [0.15, 0.2) is 39.9 Å². The first-order chi connectivity index (χ1) is 11.8. The Morgan fingerprint density at radius 2 is 2.04 bits per heavy atom. The van der Waals surface area contributed by atoms with Gasteiger partial charge in [-0.3, -0.25) is 10.2 Å². The van der Waals surface area contributed by atoms with Crippen molar-refractivity contribution in [3.63, 3.8) is 0 Å². The van der Waals surface area contributed by atoms with Gasteiger partial charge in [-0.1, -0.05) is 25.1 Å². The van der Waals surface area contributed by atoms with E-state index in [0.717, 1.165) is 23.6 Å². The molecule has 0 saturated heterocycles. The fraction of sp³-hybridized carbons (Fsp3) is 0.250. The average Bonchev–Trinajstić information content (AvgIpc) is 2.94. The van der Waals surface area contributed by atoms with Gasteiger partial charge in [0.1, 0.15) is 5.04 Å². The minimum absolute atomic E-state index is 0.189. The minimum atomic E-state index is -4.56. The first kappa shape index (κ1) is 17.4. The Morgan fingerprint density at radius 3 is 2.72 bits per heavy atom. The molecule has 0 aromatic heterocycles. The van der Waals surface area contributed by atoms with Gasteiger partial charge in [0, 0.05) is 0 Å². The normalized spacial score (nSPS) is 19.2. The quantitative estimate of drug-likeness (QED) is 0.818. The van der Waals surface area contributed by atoms with Gasteiger partial charge in [-0.25, -0.2) is 0 Å². The fourth-order valence-corrected chi connectivity index (χ4v) is 3.37. The number of hydrazone groups is 1. The second kappa shape index (κ2) is 6.47. The second-order valence-electron chi connectivity index (χ2n) is 5.35. The molecule has 1 aromatic rings. The van der Waals surface area contributed by atoms with Crippen molar-refractivity contribution in [3.05, 3.63) is 41.0 Å². The van der Waals surface area contributed by atoms with Gasteiger partial charge in [0.25, 0.3) is 5.91 Å². The lowest BCUT2D eigenvalue weighted by molar-refractivity contribution is -0.137. The summed E-state index contributed by atoms with van der Waals surface area (Å²) in [4.78, 5) is 16.1. The van der Waals surface area contributed by atoms with Crippen LogP contribution >= 0.6 is 11.8 Å². The number of thioether (sulfide) groups is 1. The highest BCUT2D eigenvalue weighted by molar-refractivity contribution is 8.26. The average molecular weight is 366 g/mol. The molecule has 0 unspecified atom stereocenters. The lowest BCUT2D eigenvalue weighted by Crippen LogP contribution is -2.35. The third kappa shape index (κ3) is 3.37. The Morgan fingerprint density at radius 1 is 1.32 bits per heavy atom. The molecule has 0 fully saturated rings. The van der Waals surface area contributed by atoms with E-state index in [1.54, 1.807) is 0 Å². The standard InChI is InChI=1S/C16H13F3N4OS/c1-2-5-12-22-23-13(20)10(14(24)21-15(23)25-12)8-9-6-3-4-7-11(9)16(17,18)19/h3-4,6-8,20H,2,5H2,1H3. The molecule has 5 nitrogen and oxygen atoms in total. The molecular formula is C16H13F3N4OS. The predicted octanol–water partition coefficient (Wildman–Crippen LogP) is 4.12. The van der Waals surface area contributed by atoms with Crippen LogP contribution in [0.1, 0.15) is 30.9 Å². The van der Waals surface area contributed by atoms with E-state index in [2.05, 4.69) is 10.1 Å². The number of benzene rings is 1. The number of nitrogens with one attached hydrogen (secondary N) is 1. The van der Waals surface area contributed by atoms with Gasteiger partial charge in [-0.15, -0.1) is 0 Å². The highest BCUT2D eigenvalue weighted by Gasteiger charge is 2.37. The van der Waals surface area contributed by atoms with E-state index < -0.39 is 17.6 Å². The molecular weight excluding hydrogens is 353 g/mol. The summed E-state index contributed by atoms with van der Waals surface area (Å²) in [5.41, 5.74) is -1.28. The second-order valence-corrected chi connectivity index (χ2v) is 6.39. The van der Waals surface area contributed by atoms with E-state index in [9.17, 15) is 18.0 Å². The van der Waals surface area contributed by atoms with Gasteiger partial charge < -0.3 is 0 Å². The van der Waals surface area contributed by atoms with Crippen molar-refractivity contribution in [3.8, 4) is 0 Å². The molecule has 9 heteroatoms. The molecule has 1 N–H and O–H groups in total. The third-order valence-corrected chi connectivity index (χ3v) is 4.49. The molecule has 1 amide bonds. The number of amidine groups is 2. The lowest BCUT2D eigenvalue weighted by atomic mass is 10.0. The van der Waals surface area contributed by atoms with E-state index in [-0.39, 0.29) is 22.1 Å². The molecule has 0 spiro atoms.